The normalized spacial score (nSPS) is 23.7. The van der Waals surface area contributed by atoms with Gasteiger partial charge >= 0.3 is 0 Å². The number of carbonyl (C=O) groups is 1. The standard InChI is InChI=1S/C15H22N2O/c1-11-6-8-13(9-7-11)15(18)16-10-14-5-3-4-12(2)17-14/h6-9,12,14,17H,3-5,10H2,1-2H3,(H,16,18). The van der Waals surface area contributed by atoms with E-state index in [1.807, 2.05) is 31.2 Å². The number of nitrogens with one attached hydrogen (secondary N) is 2. The van der Waals surface area contributed by atoms with Crippen molar-refractivity contribution >= 4 is 5.91 Å². The van der Waals surface area contributed by atoms with Gasteiger partial charge in [0.25, 0.3) is 5.91 Å². The molecule has 3 nitrogen and oxygen atoms in total. The third-order valence-electron chi connectivity index (χ3n) is 3.53. The summed E-state index contributed by atoms with van der Waals surface area (Å²) in [6.45, 7) is 4.94. The molecule has 0 spiro atoms. The molecule has 1 aromatic rings. The molecule has 0 bridgehead atoms. The fourth-order valence-corrected chi connectivity index (χ4v) is 2.42. The van der Waals surface area contributed by atoms with Gasteiger partial charge in [0.1, 0.15) is 0 Å². The molecule has 1 fully saturated rings. The fraction of sp³-hybridized carbons (Fsp3) is 0.533. The van der Waals surface area contributed by atoms with E-state index in [1.165, 1.54) is 18.4 Å². The maximum Gasteiger partial charge on any atom is 0.251 e. The second-order valence-electron chi connectivity index (χ2n) is 5.27. The summed E-state index contributed by atoms with van der Waals surface area (Å²) in [6.07, 6.45) is 3.64. The van der Waals surface area contributed by atoms with Gasteiger partial charge in [0.2, 0.25) is 0 Å². The maximum atomic E-state index is 11.9. The minimum Gasteiger partial charge on any atom is -0.350 e. The van der Waals surface area contributed by atoms with Crippen LogP contribution in [0.2, 0.25) is 0 Å². The Morgan fingerprint density at radius 3 is 2.72 bits per heavy atom. The van der Waals surface area contributed by atoms with E-state index in [4.69, 9.17) is 0 Å². The van der Waals surface area contributed by atoms with E-state index in [9.17, 15) is 4.79 Å². The molecule has 18 heavy (non-hydrogen) atoms. The SMILES string of the molecule is Cc1ccc(C(=O)NCC2CCCC(C)N2)cc1. The summed E-state index contributed by atoms with van der Waals surface area (Å²) in [6, 6.07) is 8.68. The first kappa shape index (κ1) is 13.1. The van der Waals surface area contributed by atoms with Gasteiger partial charge in [-0.1, -0.05) is 24.1 Å². The molecule has 1 aliphatic rings. The minimum atomic E-state index is 0.0232. The molecule has 2 rings (SSSR count). The van der Waals surface area contributed by atoms with E-state index in [0.29, 0.717) is 12.1 Å². The number of aryl methyl sites for hydroxylation is 1. The molecule has 1 aromatic carbocycles. The highest BCUT2D eigenvalue weighted by Gasteiger charge is 2.18. The summed E-state index contributed by atoms with van der Waals surface area (Å²) in [5.74, 6) is 0.0232. The molecule has 3 heteroatoms. The zero-order valence-electron chi connectivity index (χ0n) is 11.2. The van der Waals surface area contributed by atoms with E-state index in [0.717, 1.165) is 18.5 Å². The average Bonchev–Trinajstić information content (AvgIpc) is 2.37. The lowest BCUT2D eigenvalue weighted by Crippen LogP contribution is -2.47. The lowest BCUT2D eigenvalue weighted by atomic mass is 9.99. The molecule has 0 saturated carbocycles. The largest absolute Gasteiger partial charge is 0.350 e. The molecule has 2 unspecified atom stereocenters. The second kappa shape index (κ2) is 6.01. The van der Waals surface area contributed by atoms with Crippen molar-refractivity contribution in [1.82, 2.24) is 10.6 Å². The van der Waals surface area contributed by atoms with Crippen molar-refractivity contribution in [2.75, 3.05) is 6.54 Å². The van der Waals surface area contributed by atoms with Crippen molar-refractivity contribution in [3.05, 3.63) is 35.4 Å². The summed E-state index contributed by atoms with van der Waals surface area (Å²) in [5, 5.41) is 6.52. The maximum absolute atomic E-state index is 11.9. The monoisotopic (exact) mass is 246 g/mol. The van der Waals surface area contributed by atoms with Crippen LogP contribution in [0, 0.1) is 6.92 Å². The van der Waals surface area contributed by atoms with Crippen LogP contribution in [0.3, 0.4) is 0 Å². The predicted octanol–water partition coefficient (Wildman–Crippen LogP) is 2.26. The number of amides is 1. The highest BCUT2D eigenvalue weighted by atomic mass is 16.1. The van der Waals surface area contributed by atoms with Crippen LogP contribution in [0.1, 0.15) is 42.1 Å². The highest BCUT2D eigenvalue weighted by Crippen LogP contribution is 2.11. The molecule has 0 aromatic heterocycles. The Morgan fingerprint density at radius 1 is 1.33 bits per heavy atom. The van der Waals surface area contributed by atoms with E-state index in [-0.39, 0.29) is 5.91 Å². The van der Waals surface area contributed by atoms with E-state index >= 15 is 0 Å². The Hall–Kier alpha value is -1.35. The van der Waals surface area contributed by atoms with Crippen LogP contribution in [-0.2, 0) is 0 Å². The Labute approximate surface area is 109 Å². The van der Waals surface area contributed by atoms with Gasteiger partial charge in [0, 0.05) is 24.2 Å². The molecule has 0 aliphatic carbocycles. The first-order valence-electron chi connectivity index (χ1n) is 6.76. The Balaban J connectivity index is 1.82. The Kier molecular flexibility index (Phi) is 4.37. The second-order valence-corrected chi connectivity index (χ2v) is 5.27. The van der Waals surface area contributed by atoms with Crippen molar-refractivity contribution in [2.24, 2.45) is 0 Å². The number of piperidine rings is 1. The average molecular weight is 246 g/mol. The first-order valence-corrected chi connectivity index (χ1v) is 6.76. The molecule has 1 amide bonds. The van der Waals surface area contributed by atoms with Gasteiger partial charge < -0.3 is 10.6 Å². The van der Waals surface area contributed by atoms with Crippen LogP contribution >= 0.6 is 0 Å². The molecule has 1 saturated heterocycles. The summed E-state index contributed by atoms with van der Waals surface area (Å²) < 4.78 is 0. The van der Waals surface area contributed by atoms with Gasteiger partial charge in [0.05, 0.1) is 0 Å². The van der Waals surface area contributed by atoms with Crippen molar-refractivity contribution in [1.29, 1.82) is 0 Å². The molecule has 1 heterocycles. The van der Waals surface area contributed by atoms with Crippen molar-refractivity contribution < 1.29 is 4.79 Å². The lowest BCUT2D eigenvalue weighted by Gasteiger charge is -2.28. The van der Waals surface area contributed by atoms with Crippen LogP contribution < -0.4 is 10.6 Å². The van der Waals surface area contributed by atoms with E-state index in [1.54, 1.807) is 0 Å². The molecule has 0 radical (unpaired) electrons. The molecule has 2 atom stereocenters. The number of carbonyl (C=O) groups excluding carboxylic acids is 1. The number of rotatable bonds is 3. The lowest BCUT2D eigenvalue weighted by molar-refractivity contribution is 0.0946. The third kappa shape index (κ3) is 3.57. The van der Waals surface area contributed by atoms with Gasteiger partial charge in [-0.15, -0.1) is 0 Å². The number of hydrogen-bond donors (Lipinski definition) is 2. The fourth-order valence-electron chi connectivity index (χ4n) is 2.42. The van der Waals surface area contributed by atoms with Crippen LogP contribution in [0.4, 0.5) is 0 Å². The van der Waals surface area contributed by atoms with Gasteiger partial charge in [-0.3, -0.25) is 4.79 Å². The Bertz CT molecular complexity index is 399. The van der Waals surface area contributed by atoms with E-state index < -0.39 is 0 Å². The van der Waals surface area contributed by atoms with Gasteiger partial charge in [-0.05, 0) is 38.8 Å². The van der Waals surface area contributed by atoms with Crippen LogP contribution in [-0.4, -0.2) is 24.5 Å². The summed E-state index contributed by atoms with van der Waals surface area (Å²) >= 11 is 0. The molecule has 98 valence electrons. The van der Waals surface area contributed by atoms with Crippen LogP contribution in [0.25, 0.3) is 0 Å². The van der Waals surface area contributed by atoms with Gasteiger partial charge in [-0.25, -0.2) is 0 Å². The quantitative estimate of drug-likeness (QED) is 0.859. The summed E-state index contributed by atoms with van der Waals surface area (Å²) in [7, 11) is 0. The van der Waals surface area contributed by atoms with E-state index in [2.05, 4.69) is 17.6 Å². The number of benzene rings is 1. The zero-order valence-corrected chi connectivity index (χ0v) is 11.2. The van der Waals surface area contributed by atoms with Gasteiger partial charge in [0.15, 0.2) is 0 Å². The van der Waals surface area contributed by atoms with Crippen LogP contribution in [0.15, 0.2) is 24.3 Å². The van der Waals surface area contributed by atoms with Gasteiger partial charge in [-0.2, -0.15) is 0 Å². The third-order valence-corrected chi connectivity index (χ3v) is 3.53. The minimum absolute atomic E-state index is 0.0232. The summed E-state index contributed by atoms with van der Waals surface area (Å²) in [4.78, 5) is 11.9. The Morgan fingerprint density at radius 2 is 2.06 bits per heavy atom. The molecular formula is C15H22N2O. The highest BCUT2D eigenvalue weighted by molar-refractivity contribution is 5.94. The number of hydrogen-bond acceptors (Lipinski definition) is 2. The predicted molar refractivity (Wildman–Crippen MR) is 73.7 cm³/mol. The van der Waals surface area contributed by atoms with Crippen molar-refractivity contribution in [2.45, 2.75) is 45.2 Å². The molecule has 2 N–H and O–H groups in total. The molecule has 1 aliphatic heterocycles. The topological polar surface area (TPSA) is 41.1 Å². The van der Waals surface area contributed by atoms with Crippen molar-refractivity contribution in [3.63, 3.8) is 0 Å². The van der Waals surface area contributed by atoms with Crippen molar-refractivity contribution in [3.8, 4) is 0 Å². The smallest absolute Gasteiger partial charge is 0.251 e. The molecular weight excluding hydrogens is 224 g/mol. The van der Waals surface area contributed by atoms with Crippen LogP contribution in [0.5, 0.6) is 0 Å². The first-order chi connectivity index (χ1) is 8.65. The zero-order chi connectivity index (χ0) is 13.0. The summed E-state index contributed by atoms with van der Waals surface area (Å²) in [5.41, 5.74) is 1.92.